The van der Waals surface area contributed by atoms with E-state index in [4.69, 9.17) is 21.4 Å². The molecule has 2 rings (SSSR count). The van der Waals surface area contributed by atoms with E-state index in [0.717, 1.165) is 13.1 Å². The molecule has 2 heterocycles. The molecular formula is C13H22ClN5O2. The van der Waals surface area contributed by atoms with Crippen LogP contribution in [0, 0.1) is 5.92 Å². The van der Waals surface area contributed by atoms with Gasteiger partial charge in [-0.3, -0.25) is 0 Å². The summed E-state index contributed by atoms with van der Waals surface area (Å²) in [6, 6.07) is 0.0889. The normalized spacial score (nSPS) is 17.1. The summed E-state index contributed by atoms with van der Waals surface area (Å²) in [5.74, 6) is 1.36. The standard InChI is InChI=1S/C13H22ClN5O2/c1-9(2)10(3-6-20)15-12-16-11(14)17-13(18-12)19-4-7-21-8-5-19/h9-10,20H,3-8H2,1-2H3,(H,15,16,17,18). The van der Waals surface area contributed by atoms with E-state index in [2.05, 4.69) is 34.1 Å². The van der Waals surface area contributed by atoms with E-state index in [1.165, 1.54) is 0 Å². The van der Waals surface area contributed by atoms with Crippen molar-refractivity contribution < 1.29 is 9.84 Å². The fourth-order valence-corrected chi connectivity index (χ4v) is 2.34. The van der Waals surface area contributed by atoms with Gasteiger partial charge in [-0.05, 0) is 23.9 Å². The Labute approximate surface area is 129 Å². The summed E-state index contributed by atoms with van der Waals surface area (Å²) in [5, 5.41) is 12.5. The Morgan fingerprint density at radius 1 is 1.29 bits per heavy atom. The molecule has 8 heteroatoms. The second-order valence-electron chi connectivity index (χ2n) is 5.33. The van der Waals surface area contributed by atoms with E-state index in [9.17, 15) is 0 Å². The minimum Gasteiger partial charge on any atom is -0.396 e. The van der Waals surface area contributed by atoms with Crippen LogP contribution in [-0.4, -0.2) is 59.0 Å². The first kappa shape index (κ1) is 16.2. The minimum absolute atomic E-state index is 0.0889. The first-order valence-electron chi connectivity index (χ1n) is 7.22. The molecule has 1 aliphatic rings. The quantitative estimate of drug-likeness (QED) is 0.815. The molecular weight excluding hydrogens is 294 g/mol. The number of aliphatic hydroxyl groups excluding tert-OH is 1. The van der Waals surface area contributed by atoms with E-state index < -0.39 is 0 Å². The summed E-state index contributed by atoms with van der Waals surface area (Å²) >= 11 is 6.00. The zero-order valence-electron chi connectivity index (χ0n) is 12.4. The number of nitrogens with zero attached hydrogens (tertiary/aromatic N) is 4. The maximum atomic E-state index is 9.14. The van der Waals surface area contributed by atoms with Gasteiger partial charge in [0.1, 0.15) is 0 Å². The number of ether oxygens (including phenoxy) is 1. The monoisotopic (exact) mass is 315 g/mol. The summed E-state index contributed by atoms with van der Waals surface area (Å²) in [7, 11) is 0. The number of aliphatic hydroxyl groups is 1. The van der Waals surface area contributed by atoms with Crippen LogP contribution in [-0.2, 0) is 4.74 Å². The molecule has 1 unspecified atom stereocenters. The number of morpholine rings is 1. The van der Waals surface area contributed by atoms with Crippen molar-refractivity contribution in [2.45, 2.75) is 26.3 Å². The van der Waals surface area contributed by atoms with Gasteiger partial charge in [0.25, 0.3) is 0 Å². The molecule has 1 aromatic heterocycles. The zero-order chi connectivity index (χ0) is 15.2. The van der Waals surface area contributed by atoms with Crippen molar-refractivity contribution >= 4 is 23.5 Å². The predicted octanol–water partition coefficient (Wildman–Crippen LogP) is 1.18. The van der Waals surface area contributed by atoms with Gasteiger partial charge in [-0.25, -0.2) is 0 Å². The molecule has 1 aromatic rings. The Morgan fingerprint density at radius 2 is 2.00 bits per heavy atom. The average Bonchev–Trinajstić information content (AvgIpc) is 2.47. The second-order valence-corrected chi connectivity index (χ2v) is 5.67. The molecule has 0 spiro atoms. The maximum absolute atomic E-state index is 9.14. The molecule has 0 radical (unpaired) electrons. The van der Waals surface area contributed by atoms with Gasteiger partial charge in [-0.15, -0.1) is 0 Å². The Morgan fingerprint density at radius 3 is 2.62 bits per heavy atom. The third-order valence-electron chi connectivity index (χ3n) is 3.45. The number of aromatic nitrogens is 3. The highest BCUT2D eigenvalue weighted by Crippen LogP contribution is 2.17. The Bertz CT molecular complexity index is 454. The van der Waals surface area contributed by atoms with Crippen molar-refractivity contribution in [3.63, 3.8) is 0 Å². The van der Waals surface area contributed by atoms with E-state index >= 15 is 0 Å². The van der Waals surface area contributed by atoms with E-state index in [1.54, 1.807) is 0 Å². The lowest BCUT2D eigenvalue weighted by molar-refractivity contribution is 0.122. The minimum atomic E-state index is 0.0889. The highest BCUT2D eigenvalue weighted by atomic mass is 35.5. The molecule has 7 nitrogen and oxygen atoms in total. The SMILES string of the molecule is CC(C)C(CCO)Nc1nc(Cl)nc(N2CCOCC2)n1. The second kappa shape index (κ2) is 7.72. The Balaban J connectivity index is 2.13. The maximum Gasteiger partial charge on any atom is 0.231 e. The number of hydrogen-bond acceptors (Lipinski definition) is 7. The van der Waals surface area contributed by atoms with Crippen LogP contribution in [0.15, 0.2) is 0 Å². The number of hydrogen-bond donors (Lipinski definition) is 2. The van der Waals surface area contributed by atoms with Crippen LogP contribution in [0.25, 0.3) is 0 Å². The van der Waals surface area contributed by atoms with Crippen molar-refractivity contribution in [2.75, 3.05) is 43.1 Å². The molecule has 2 N–H and O–H groups in total. The zero-order valence-corrected chi connectivity index (χ0v) is 13.2. The smallest absolute Gasteiger partial charge is 0.231 e. The highest BCUT2D eigenvalue weighted by molar-refractivity contribution is 6.28. The predicted molar refractivity (Wildman–Crippen MR) is 81.8 cm³/mol. The molecule has 0 saturated carbocycles. The Kier molecular flexibility index (Phi) is 5.96. The molecule has 0 aliphatic carbocycles. The van der Waals surface area contributed by atoms with Crippen molar-refractivity contribution in [1.29, 1.82) is 0 Å². The lowest BCUT2D eigenvalue weighted by Gasteiger charge is -2.27. The number of rotatable bonds is 6. The molecule has 21 heavy (non-hydrogen) atoms. The van der Waals surface area contributed by atoms with Gasteiger partial charge in [0.15, 0.2) is 0 Å². The van der Waals surface area contributed by atoms with Crippen molar-refractivity contribution in [3.05, 3.63) is 5.28 Å². The van der Waals surface area contributed by atoms with Crippen LogP contribution in [0.2, 0.25) is 5.28 Å². The molecule has 0 bridgehead atoms. The van der Waals surface area contributed by atoms with Crippen molar-refractivity contribution in [3.8, 4) is 0 Å². The first-order valence-corrected chi connectivity index (χ1v) is 7.59. The largest absolute Gasteiger partial charge is 0.396 e. The summed E-state index contributed by atoms with van der Waals surface area (Å²) < 4.78 is 5.32. The van der Waals surface area contributed by atoms with E-state index in [-0.39, 0.29) is 17.9 Å². The van der Waals surface area contributed by atoms with Crippen LogP contribution in [0.1, 0.15) is 20.3 Å². The average molecular weight is 316 g/mol. The van der Waals surface area contributed by atoms with Crippen LogP contribution < -0.4 is 10.2 Å². The number of halogens is 1. The topological polar surface area (TPSA) is 83.4 Å². The molecule has 1 fully saturated rings. The summed E-state index contributed by atoms with van der Waals surface area (Å²) in [6.07, 6.45) is 0.633. The molecule has 0 aromatic carbocycles. The van der Waals surface area contributed by atoms with Crippen molar-refractivity contribution in [1.82, 2.24) is 15.0 Å². The molecule has 118 valence electrons. The molecule has 0 amide bonds. The third-order valence-corrected chi connectivity index (χ3v) is 3.62. The lowest BCUT2D eigenvalue weighted by Crippen LogP contribution is -2.37. The fraction of sp³-hybridized carbons (Fsp3) is 0.769. The van der Waals surface area contributed by atoms with Crippen molar-refractivity contribution in [2.24, 2.45) is 5.92 Å². The van der Waals surface area contributed by atoms with Gasteiger partial charge in [-0.2, -0.15) is 15.0 Å². The van der Waals surface area contributed by atoms with Gasteiger partial charge in [0, 0.05) is 25.7 Å². The lowest BCUT2D eigenvalue weighted by atomic mass is 10.0. The summed E-state index contributed by atoms with van der Waals surface area (Å²) in [6.45, 7) is 7.08. The summed E-state index contributed by atoms with van der Waals surface area (Å²) in [5.41, 5.74) is 0. The third kappa shape index (κ3) is 4.66. The molecule has 1 aliphatic heterocycles. The van der Waals surface area contributed by atoms with Gasteiger partial charge in [0.2, 0.25) is 17.2 Å². The first-order chi connectivity index (χ1) is 10.1. The van der Waals surface area contributed by atoms with Crippen LogP contribution >= 0.6 is 11.6 Å². The van der Waals surface area contributed by atoms with Gasteiger partial charge in [0.05, 0.1) is 13.2 Å². The van der Waals surface area contributed by atoms with E-state index in [0.29, 0.717) is 37.4 Å². The highest BCUT2D eigenvalue weighted by Gasteiger charge is 2.18. The van der Waals surface area contributed by atoms with Crippen LogP contribution in [0.3, 0.4) is 0 Å². The Hall–Kier alpha value is -1.18. The number of anilines is 2. The molecule has 1 atom stereocenters. The van der Waals surface area contributed by atoms with Crippen LogP contribution in [0.4, 0.5) is 11.9 Å². The van der Waals surface area contributed by atoms with Gasteiger partial charge in [-0.1, -0.05) is 13.8 Å². The van der Waals surface area contributed by atoms with E-state index in [1.807, 2.05) is 4.90 Å². The van der Waals surface area contributed by atoms with Crippen LogP contribution in [0.5, 0.6) is 0 Å². The van der Waals surface area contributed by atoms with Gasteiger partial charge >= 0.3 is 0 Å². The summed E-state index contributed by atoms with van der Waals surface area (Å²) in [4.78, 5) is 14.8. The molecule has 1 saturated heterocycles. The fourth-order valence-electron chi connectivity index (χ4n) is 2.19. The van der Waals surface area contributed by atoms with Gasteiger partial charge < -0.3 is 20.1 Å². The number of nitrogens with one attached hydrogen (secondary N) is 1.